The number of nitrogens with one attached hydrogen (secondary N) is 2. The summed E-state index contributed by atoms with van der Waals surface area (Å²) in [6, 6.07) is 14.1. The number of aromatic amines is 1. The molecule has 4 rings (SSSR count). The van der Waals surface area contributed by atoms with Crippen LogP contribution in [-0.4, -0.2) is 51.2 Å². The maximum absolute atomic E-state index is 12.2. The standard InChI is InChI=1S/C23H29N3O4S2/c1-3-32(29,30)26-11-9-18(10-12-26)22-16-24-23-8-7-20(14-21(22)23)19-6-4-5-17(13-19)15-25-31(2,27)28/h4-8,13-14,16,18,24-25H,3,9-12,15H2,1-2H3. The van der Waals surface area contributed by atoms with E-state index >= 15 is 0 Å². The van der Waals surface area contributed by atoms with Crippen LogP contribution in [0.2, 0.25) is 0 Å². The minimum absolute atomic E-state index is 0.146. The number of piperidine rings is 1. The first-order valence-corrected chi connectivity index (χ1v) is 14.3. The molecule has 1 aromatic heterocycles. The quantitative estimate of drug-likeness (QED) is 0.547. The van der Waals surface area contributed by atoms with E-state index in [1.165, 1.54) is 5.56 Å². The second-order valence-electron chi connectivity index (χ2n) is 8.37. The summed E-state index contributed by atoms with van der Waals surface area (Å²) < 4.78 is 51.3. The van der Waals surface area contributed by atoms with Crippen molar-refractivity contribution in [3.8, 4) is 11.1 Å². The molecule has 1 saturated heterocycles. The number of fused-ring (bicyclic) bond motifs is 1. The molecule has 0 spiro atoms. The third kappa shape index (κ3) is 5.06. The Bertz CT molecular complexity index is 1320. The minimum atomic E-state index is -3.25. The van der Waals surface area contributed by atoms with Crippen LogP contribution < -0.4 is 4.72 Å². The minimum Gasteiger partial charge on any atom is -0.361 e. The van der Waals surface area contributed by atoms with Gasteiger partial charge in [-0.25, -0.2) is 25.9 Å². The number of hydrogen-bond donors (Lipinski definition) is 2. The summed E-state index contributed by atoms with van der Waals surface area (Å²) in [6.45, 7) is 3.06. The molecular weight excluding hydrogens is 446 g/mol. The average molecular weight is 476 g/mol. The number of rotatable bonds is 7. The van der Waals surface area contributed by atoms with Crippen LogP contribution >= 0.6 is 0 Å². The van der Waals surface area contributed by atoms with Gasteiger partial charge in [0.1, 0.15) is 0 Å². The highest BCUT2D eigenvalue weighted by atomic mass is 32.2. The van der Waals surface area contributed by atoms with Crippen molar-refractivity contribution in [3.05, 3.63) is 59.8 Å². The van der Waals surface area contributed by atoms with Crippen molar-refractivity contribution in [1.82, 2.24) is 14.0 Å². The summed E-state index contributed by atoms with van der Waals surface area (Å²) in [7, 11) is -6.38. The molecule has 7 nitrogen and oxygen atoms in total. The van der Waals surface area contributed by atoms with E-state index in [-0.39, 0.29) is 12.3 Å². The Morgan fingerprint density at radius 3 is 2.44 bits per heavy atom. The molecule has 0 amide bonds. The number of benzene rings is 2. The van der Waals surface area contributed by atoms with Crippen LogP contribution in [0.1, 0.15) is 36.8 Å². The highest BCUT2D eigenvalue weighted by molar-refractivity contribution is 7.89. The molecule has 0 aliphatic carbocycles. The molecule has 0 unspecified atom stereocenters. The van der Waals surface area contributed by atoms with Crippen molar-refractivity contribution in [3.63, 3.8) is 0 Å². The molecule has 1 fully saturated rings. The third-order valence-electron chi connectivity index (χ3n) is 6.16. The van der Waals surface area contributed by atoms with Crippen molar-refractivity contribution in [2.24, 2.45) is 0 Å². The largest absolute Gasteiger partial charge is 0.361 e. The monoisotopic (exact) mass is 475 g/mol. The molecule has 2 N–H and O–H groups in total. The van der Waals surface area contributed by atoms with Gasteiger partial charge in [-0.15, -0.1) is 0 Å². The average Bonchev–Trinajstić information content (AvgIpc) is 3.21. The maximum atomic E-state index is 12.2. The van der Waals surface area contributed by atoms with E-state index in [2.05, 4.69) is 34.1 Å². The Morgan fingerprint density at radius 2 is 1.75 bits per heavy atom. The van der Waals surface area contributed by atoms with Gasteiger partial charge in [-0.1, -0.05) is 24.3 Å². The first-order valence-electron chi connectivity index (χ1n) is 10.8. The van der Waals surface area contributed by atoms with Crippen LogP contribution in [0.4, 0.5) is 0 Å². The van der Waals surface area contributed by atoms with Gasteiger partial charge >= 0.3 is 0 Å². The van der Waals surface area contributed by atoms with Crippen LogP contribution in [0.15, 0.2) is 48.7 Å². The lowest BCUT2D eigenvalue weighted by Crippen LogP contribution is -2.38. The Hall–Kier alpha value is -2.20. The SMILES string of the molecule is CCS(=O)(=O)N1CCC(c2c[nH]c3ccc(-c4cccc(CNS(C)(=O)=O)c4)cc23)CC1. The van der Waals surface area contributed by atoms with Crippen molar-refractivity contribution < 1.29 is 16.8 Å². The van der Waals surface area contributed by atoms with Crippen molar-refractivity contribution in [2.45, 2.75) is 32.2 Å². The smallest absolute Gasteiger partial charge is 0.213 e. The van der Waals surface area contributed by atoms with Gasteiger partial charge in [-0.05, 0) is 66.1 Å². The Kier molecular flexibility index (Phi) is 6.44. The van der Waals surface area contributed by atoms with Crippen molar-refractivity contribution >= 4 is 30.9 Å². The first-order chi connectivity index (χ1) is 15.2. The zero-order valence-corrected chi connectivity index (χ0v) is 20.0. The summed E-state index contributed by atoms with van der Waals surface area (Å²) in [4.78, 5) is 3.36. The molecule has 2 heterocycles. The van der Waals surface area contributed by atoms with Gasteiger partial charge in [0.25, 0.3) is 0 Å². The summed E-state index contributed by atoms with van der Waals surface area (Å²) >= 11 is 0. The fourth-order valence-corrected chi connectivity index (χ4v) is 5.92. The summed E-state index contributed by atoms with van der Waals surface area (Å²) in [5.74, 6) is 0.458. The molecular formula is C23H29N3O4S2. The van der Waals surface area contributed by atoms with E-state index in [1.807, 2.05) is 24.3 Å². The molecule has 1 aliphatic rings. The van der Waals surface area contributed by atoms with Gasteiger partial charge in [-0.2, -0.15) is 0 Å². The van der Waals surface area contributed by atoms with Gasteiger partial charge in [0.15, 0.2) is 0 Å². The maximum Gasteiger partial charge on any atom is 0.213 e. The zero-order valence-electron chi connectivity index (χ0n) is 18.3. The van der Waals surface area contributed by atoms with E-state index in [4.69, 9.17) is 0 Å². The summed E-state index contributed by atoms with van der Waals surface area (Å²) in [5, 5.41) is 1.15. The number of aromatic nitrogens is 1. The Morgan fingerprint density at radius 1 is 1.03 bits per heavy atom. The number of nitrogens with zero attached hydrogens (tertiary/aromatic N) is 1. The van der Waals surface area contributed by atoms with Gasteiger partial charge in [0.05, 0.1) is 12.0 Å². The third-order valence-corrected chi connectivity index (χ3v) is 8.71. The highest BCUT2D eigenvalue weighted by Crippen LogP contribution is 2.35. The second kappa shape index (κ2) is 8.97. The normalized spacial score (nSPS) is 16.6. The predicted molar refractivity (Wildman–Crippen MR) is 128 cm³/mol. The lowest BCUT2D eigenvalue weighted by atomic mass is 9.89. The summed E-state index contributed by atoms with van der Waals surface area (Å²) in [5.41, 5.74) is 5.26. The van der Waals surface area contributed by atoms with Gasteiger partial charge < -0.3 is 4.98 Å². The molecule has 2 aromatic carbocycles. The molecule has 3 aromatic rings. The Labute approximate surface area is 189 Å². The number of hydrogen-bond acceptors (Lipinski definition) is 4. The van der Waals surface area contributed by atoms with Crippen molar-refractivity contribution in [1.29, 1.82) is 0 Å². The predicted octanol–water partition coefficient (Wildman–Crippen LogP) is 3.41. The van der Waals surface area contributed by atoms with Gasteiger partial charge in [0.2, 0.25) is 20.0 Å². The fourth-order valence-electron chi connectivity index (χ4n) is 4.36. The Balaban J connectivity index is 1.58. The van der Waals surface area contributed by atoms with Gasteiger partial charge in [0, 0.05) is 36.7 Å². The lowest BCUT2D eigenvalue weighted by Gasteiger charge is -2.30. The van der Waals surface area contributed by atoms with E-state index < -0.39 is 20.0 Å². The van der Waals surface area contributed by atoms with Crippen LogP contribution in [-0.2, 0) is 26.6 Å². The summed E-state index contributed by atoms with van der Waals surface area (Å²) in [6.07, 6.45) is 4.82. The zero-order chi connectivity index (χ0) is 22.9. The lowest BCUT2D eigenvalue weighted by molar-refractivity contribution is 0.321. The van der Waals surface area contributed by atoms with Crippen molar-refractivity contribution in [2.75, 3.05) is 25.1 Å². The first kappa shape index (κ1) is 23.0. The molecule has 0 saturated carbocycles. The molecule has 9 heteroatoms. The van der Waals surface area contributed by atoms with Crippen LogP contribution in [0, 0.1) is 0 Å². The molecule has 32 heavy (non-hydrogen) atoms. The van der Waals surface area contributed by atoms with Crippen LogP contribution in [0.5, 0.6) is 0 Å². The fraction of sp³-hybridized carbons (Fsp3) is 0.391. The van der Waals surface area contributed by atoms with E-state index in [9.17, 15) is 16.8 Å². The van der Waals surface area contributed by atoms with Crippen LogP contribution in [0.3, 0.4) is 0 Å². The highest BCUT2D eigenvalue weighted by Gasteiger charge is 2.28. The van der Waals surface area contributed by atoms with Gasteiger partial charge in [-0.3, -0.25) is 0 Å². The van der Waals surface area contributed by atoms with Crippen LogP contribution in [0.25, 0.3) is 22.0 Å². The molecule has 1 aliphatic heterocycles. The van der Waals surface area contributed by atoms with E-state index in [1.54, 1.807) is 11.2 Å². The molecule has 0 bridgehead atoms. The molecule has 172 valence electrons. The second-order valence-corrected chi connectivity index (χ2v) is 12.5. The number of H-pyrrole nitrogens is 1. The number of sulfonamides is 2. The topological polar surface area (TPSA) is 99.3 Å². The molecule has 0 radical (unpaired) electrons. The van der Waals surface area contributed by atoms with E-state index in [0.29, 0.717) is 19.0 Å². The van der Waals surface area contributed by atoms with E-state index in [0.717, 1.165) is 46.7 Å². The molecule has 0 atom stereocenters.